The van der Waals surface area contributed by atoms with Crippen molar-refractivity contribution >= 4 is 0 Å². The lowest BCUT2D eigenvalue weighted by Crippen LogP contribution is -2.04. The fraction of sp³-hybridized carbons (Fsp3) is 0.167. The van der Waals surface area contributed by atoms with E-state index in [9.17, 15) is 4.39 Å². The van der Waals surface area contributed by atoms with E-state index in [0.717, 1.165) is 28.4 Å². The molecule has 118 valence electrons. The van der Waals surface area contributed by atoms with Crippen molar-refractivity contribution in [2.45, 2.75) is 6.42 Å². The van der Waals surface area contributed by atoms with Crippen molar-refractivity contribution in [3.8, 4) is 22.7 Å². The van der Waals surface area contributed by atoms with Crippen molar-refractivity contribution < 1.29 is 9.13 Å². The Kier molecular flexibility index (Phi) is 4.39. The molecule has 0 aliphatic carbocycles. The molecule has 0 aliphatic heterocycles. The number of aromatic nitrogens is 2. The molecule has 2 N–H and O–H groups in total. The molecule has 3 rings (SSSR count). The number of nitrogens with two attached hydrogens (primary N) is 1. The summed E-state index contributed by atoms with van der Waals surface area (Å²) in [5, 5.41) is 4.60. The van der Waals surface area contributed by atoms with E-state index in [0.29, 0.717) is 13.0 Å². The summed E-state index contributed by atoms with van der Waals surface area (Å²) in [4.78, 5) is 0. The van der Waals surface area contributed by atoms with Crippen LogP contribution in [0.5, 0.6) is 5.75 Å². The first-order chi connectivity index (χ1) is 11.2. The quantitative estimate of drug-likeness (QED) is 0.787. The molecule has 23 heavy (non-hydrogen) atoms. The lowest BCUT2D eigenvalue weighted by Gasteiger charge is -2.08. The molecule has 0 fully saturated rings. The van der Waals surface area contributed by atoms with Crippen LogP contribution in [0.25, 0.3) is 16.9 Å². The highest BCUT2D eigenvalue weighted by Gasteiger charge is 2.12. The summed E-state index contributed by atoms with van der Waals surface area (Å²) in [6.45, 7) is 0.530. The highest BCUT2D eigenvalue weighted by molar-refractivity contribution is 5.63. The number of hydrogen-bond acceptors (Lipinski definition) is 3. The second-order valence-electron chi connectivity index (χ2n) is 5.18. The minimum absolute atomic E-state index is 0.269. The van der Waals surface area contributed by atoms with E-state index in [4.69, 9.17) is 10.5 Å². The first-order valence-corrected chi connectivity index (χ1v) is 7.40. The van der Waals surface area contributed by atoms with Crippen LogP contribution in [-0.2, 0) is 6.42 Å². The van der Waals surface area contributed by atoms with Gasteiger partial charge >= 0.3 is 0 Å². The molecule has 0 atom stereocenters. The normalized spacial score (nSPS) is 10.7. The monoisotopic (exact) mass is 311 g/mol. The third-order valence-corrected chi connectivity index (χ3v) is 3.62. The Labute approximate surface area is 134 Å². The van der Waals surface area contributed by atoms with Crippen LogP contribution in [0.4, 0.5) is 4.39 Å². The molecule has 5 heteroatoms. The maximum absolute atomic E-state index is 13.2. The van der Waals surface area contributed by atoms with E-state index in [1.165, 1.54) is 12.1 Å². The Bertz CT molecular complexity index is 779. The van der Waals surface area contributed by atoms with Crippen LogP contribution in [0.3, 0.4) is 0 Å². The topological polar surface area (TPSA) is 53.1 Å². The van der Waals surface area contributed by atoms with Crippen LogP contribution >= 0.6 is 0 Å². The Balaban J connectivity index is 2.08. The number of nitrogens with zero attached hydrogens (tertiary/aromatic N) is 2. The van der Waals surface area contributed by atoms with E-state index in [2.05, 4.69) is 5.10 Å². The maximum atomic E-state index is 13.2. The first kappa shape index (κ1) is 15.2. The number of halogens is 1. The molecule has 0 bridgehead atoms. The standard InChI is InChI=1S/C18H18FN3O/c1-23-17-8-2-13(3-9-17)18-12-15(10-11-20)21-22(18)16-6-4-14(19)5-7-16/h2-9,12H,10-11,20H2,1H3. The molecule has 0 unspecified atom stereocenters. The van der Waals surface area contributed by atoms with E-state index >= 15 is 0 Å². The van der Waals surface area contributed by atoms with Gasteiger partial charge in [0, 0.05) is 12.0 Å². The van der Waals surface area contributed by atoms with Crippen LogP contribution in [0.15, 0.2) is 54.6 Å². The largest absolute Gasteiger partial charge is 0.497 e. The Morgan fingerprint density at radius 3 is 2.39 bits per heavy atom. The zero-order chi connectivity index (χ0) is 16.2. The average molecular weight is 311 g/mol. The molecule has 0 spiro atoms. The number of benzene rings is 2. The van der Waals surface area contributed by atoms with E-state index in [1.54, 1.807) is 19.2 Å². The van der Waals surface area contributed by atoms with Gasteiger partial charge in [-0.3, -0.25) is 0 Å². The average Bonchev–Trinajstić information content (AvgIpc) is 3.00. The van der Waals surface area contributed by atoms with Crippen LogP contribution in [0, 0.1) is 5.82 Å². The van der Waals surface area contributed by atoms with Crippen molar-refractivity contribution in [1.82, 2.24) is 9.78 Å². The summed E-state index contributed by atoms with van der Waals surface area (Å²) in [7, 11) is 1.64. The lowest BCUT2D eigenvalue weighted by atomic mass is 10.1. The van der Waals surface area contributed by atoms with Crippen molar-refractivity contribution in [2.75, 3.05) is 13.7 Å². The van der Waals surface area contributed by atoms with Gasteiger partial charge < -0.3 is 10.5 Å². The maximum Gasteiger partial charge on any atom is 0.123 e. The van der Waals surface area contributed by atoms with Gasteiger partial charge in [0.05, 0.1) is 24.2 Å². The molecule has 1 aromatic heterocycles. The van der Waals surface area contributed by atoms with Crippen molar-refractivity contribution in [2.24, 2.45) is 5.73 Å². The predicted octanol–water partition coefficient (Wildman–Crippen LogP) is 3.19. The number of ether oxygens (including phenoxy) is 1. The Hall–Kier alpha value is -2.66. The van der Waals surface area contributed by atoms with Crippen LogP contribution in [0.1, 0.15) is 5.69 Å². The van der Waals surface area contributed by atoms with Crippen LogP contribution in [0.2, 0.25) is 0 Å². The predicted molar refractivity (Wildman–Crippen MR) is 88.3 cm³/mol. The number of methoxy groups -OCH3 is 1. The van der Waals surface area contributed by atoms with Gasteiger partial charge in [0.1, 0.15) is 11.6 Å². The fourth-order valence-electron chi connectivity index (χ4n) is 2.45. The molecule has 1 heterocycles. The van der Waals surface area contributed by atoms with Crippen LogP contribution in [-0.4, -0.2) is 23.4 Å². The van der Waals surface area contributed by atoms with Gasteiger partial charge in [0.2, 0.25) is 0 Å². The van der Waals surface area contributed by atoms with Crippen molar-refractivity contribution in [1.29, 1.82) is 0 Å². The molecule has 4 nitrogen and oxygen atoms in total. The Morgan fingerprint density at radius 1 is 1.09 bits per heavy atom. The summed E-state index contributed by atoms with van der Waals surface area (Å²) in [5.74, 6) is 0.526. The lowest BCUT2D eigenvalue weighted by molar-refractivity contribution is 0.415. The molecule has 0 saturated heterocycles. The molecule has 3 aromatic rings. The molecule has 2 aromatic carbocycles. The Morgan fingerprint density at radius 2 is 1.78 bits per heavy atom. The van der Waals surface area contributed by atoms with E-state index < -0.39 is 0 Å². The second kappa shape index (κ2) is 6.62. The third kappa shape index (κ3) is 3.24. The molecule has 0 saturated carbocycles. The molecule has 0 aliphatic rings. The van der Waals surface area contributed by atoms with Crippen molar-refractivity contribution in [3.05, 3.63) is 66.1 Å². The second-order valence-corrected chi connectivity index (χ2v) is 5.18. The fourth-order valence-corrected chi connectivity index (χ4v) is 2.45. The van der Waals surface area contributed by atoms with E-state index in [1.807, 2.05) is 35.0 Å². The number of rotatable bonds is 5. The van der Waals surface area contributed by atoms with Gasteiger partial charge in [-0.15, -0.1) is 0 Å². The van der Waals surface area contributed by atoms with Gasteiger partial charge in [-0.1, -0.05) is 0 Å². The van der Waals surface area contributed by atoms with Gasteiger partial charge in [0.15, 0.2) is 0 Å². The first-order valence-electron chi connectivity index (χ1n) is 7.40. The van der Waals surface area contributed by atoms with E-state index in [-0.39, 0.29) is 5.82 Å². The minimum Gasteiger partial charge on any atom is -0.497 e. The van der Waals surface area contributed by atoms with Gasteiger partial charge in [-0.25, -0.2) is 9.07 Å². The molecule has 0 amide bonds. The molecule has 0 radical (unpaired) electrons. The highest BCUT2D eigenvalue weighted by atomic mass is 19.1. The van der Waals surface area contributed by atoms with Crippen molar-refractivity contribution in [3.63, 3.8) is 0 Å². The zero-order valence-electron chi connectivity index (χ0n) is 12.9. The summed E-state index contributed by atoms with van der Waals surface area (Å²) in [6.07, 6.45) is 0.692. The third-order valence-electron chi connectivity index (χ3n) is 3.62. The highest BCUT2D eigenvalue weighted by Crippen LogP contribution is 2.26. The number of hydrogen-bond donors (Lipinski definition) is 1. The summed E-state index contributed by atoms with van der Waals surface area (Å²) in [6, 6.07) is 16.0. The summed E-state index contributed by atoms with van der Waals surface area (Å²) >= 11 is 0. The van der Waals surface area contributed by atoms with Gasteiger partial charge in [0.25, 0.3) is 0 Å². The summed E-state index contributed by atoms with van der Waals surface area (Å²) < 4.78 is 20.2. The minimum atomic E-state index is -0.269. The zero-order valence-corrected chi connectivity index (χ0v) is 12.9. The summed E-state index contributed by atoms with van der Waals surface area (Å²) in [5.41, 5.74) is 9.29. The molecular weight excluding hydrogens is 293 g/mol. The SMILES string of the molecule is COc1ccc(-c2cc(CCN)nn2-c2ccc(F)cc2)cc1. The van der Waals surface area contributed by atoms with Gasteiger partial charge in [-0.05, 0) is 61.1 Å². The van der Waals surface area contributed by atoms with Gasteiger partial charge in [-0.2, -0.15) is 5.10 Å². The molecular formula is C18H18FN3O. The van der Waals surface area contributed by atoms with Crippen LogP contribution < -0.4 is 10.5 Å². The smallest absolute Gasteiger partial charge is 0.123 e.